The maximum absolute atomic E-state index is 12.3. The van der Waals surface area contributed by atoms with Crippen LogP contribution < -0.4 is 9.47 Å². The summed E-state index contributed by atoms with van der Waals surface area (Å²) in [6.07, 6.45) is 1.79. The number of hydrogen-bond donors (Lipinski definition) is 0. The lowest BCUT2D eigenvalue weighted by Crippen LogP contribution is -2.26. The van der Waals surface area contributed by atoms with Gasteiger partial charge in [-0.1, -0.05) is 0 Å². The van der Waals surface area contributed by atoms with Gasteiger partial charge in [-0.25, -0.2) is 0 Å². The largest absolute Gasteiger partial charge is 0.490 e. The molecule has 0 unspecified atom stereocenters. The number of carbonyl (C=O) groups excluding carboxylic acids is 1. The van der Waals surface area contributed by atoms with Gasteiger partial charge >= 0.3 is 0 Å². The molecule has 0 spiro atoms. The molecule has 0 aromatic heterocycles. The van der Waals surface area contributed by atoms with Crippen LogP contribution in [0.4, 0.5) is 0 Å². The van der Waals surface area contributed by atoms with Crippen LogP contribution in [0.5, 0.6) is 11.5 Å². The Morgan fingerprint density at radius 1 is 1.17 bits per heavy atom. The summed E-state index contributed by atoms with van der Waals surface area (Å²) in [5.41, 5.74) is 1.35. The molecule has 1 aliphatic heterocycles. The minimum Gasteiger partial charge on any atom is -0.490 e. The molecule has 0 atom stereocenters. The van der Waals surface area contributed by atoms with E-state index in [0.717, 1.165) is 10.0 Å². The first-order valence-corrected chi connectivity index (χ1v) is 8.47. The molecule has 2 rings (SSSR count). The lowest BCUT2D eigenvalue weighted by atomic mass is 10.1. The highest BCUT2D eigenvalue weighted by molar-refractivity contribution is 9.10. The van der Waals surface area contributed by atoms with E-state index in [1.165, 1.54) is 4.90 Å². The van der Waals surface area contributed by atoms with Crippen LogP contribution in [0.2, 0.25) is 0 Å². The maximum Gasteiger partial charge on any atom is 0.276 e. The highest BCUT2D eigenvalue weighted by Crippen LogP contribution is 2.38. The van der Waals surface area contributed by atoms with Gasteiger partial charge in [-0.3, -0.25) is 9.69 Å². The van der Waals surface area contributed by atoms with Crippen molar-refractivity contribution in [2.45, 2.75) is 13.8 Å². The molecular weight excluding hydrogens is 380 g/mol. The van der Waals surface area contributed by atoms with Gasteiger partial charge in [-0.15, -0.1) is 0 Å². The standard InChI is InChI=1S/C16H19BrN2O3S/c1-5-21-13-9-10(7-11(17)14(13)22-6-2)8-12-15(20)19(4)16(23)18(12)3/h7-9H,5-6H2,1-4H3/b12-8+. The minimum atomic E-state index is -0.125. The molecule has 1 aromatic rings. The molecule has 1 amide bonds. The zero-order valence-electron chi connectivity index (χ0n) is 13.6. The number of likely N-dealkylation sites (N-methyl/N-ethyl adjacent to an activating group) is 2. The van der Waals surface area contributed by atoms with Gasteiger partial charge in [-0.05, 0) is 65.8 Å². The van der Waals surface area contributed by atoms with Crippen molar-refractivity contribution in [2.24, 2.45) is 0 Å². The predicted molar refractivity (Wildman–Crippen MR) is 97.6 cm³/mol. The monoisotopic (exact) mass is 398 g/mol. The van der Waals surface area contributed by atoms with Crippen molar-refractivity contribution in [1.82, 2.24) is 9.80 Å². The molecule has 1 aromatic carbocycles. The summed E-state index contributed by atoms with van der Waals surface area (Å²) in [7, 11) is 3.45. The van der Waals surface area contributed by atoms with E-state index in [9.17, 15) is 4.79 Å². The maximum atomic E-state index is 12.3. The van der Waals surface area contributed by atoms with Gasteiger partial charge in [0.05, 0.1) is 17.7 Å². The van der Waals surface area contributed by atoms with Crippen LogP contribution in [-0.2, 0) is 4.79 Å². The third-order valence-electron chi connectivity index (χ3n) is 3.38. The van der Waals surface area contributed by atoms with E-state index in [2.05, 4.69) is 15.9 Å². The molecule has 0 aliphatic carbocycles. The van der Waals surface area contributed by atoms with Gasteiger partial charge in [0.25, 0.3) is 5.91 Å². The first kappa shape index (κ1) is 17.7. The fraction of sp³-hybridized carbons (Fsp3) is 0.375. The van der Waals surface area contributed by atoms with Crippen LogP contribution in [0.25, 0.3) is 6.08 Å². The number of thiocarbonyl (C=S) groups is 1. The summed E-state index contributed by atoms with van der Waals surface area (Å²) in [5.74, 6) is 1.18. The average Bonchev–Trinajstić information content (AvgIpc) is 2.69. The Hall–Kier alpha value is -1.60. The summed E-state index contributed by atoms with van der Waals surface area (Å²) in [4.78, 5) is 15.4. The number of benzene rings is 1. The van der Waals surface area contributed by atoms with Gasteiger partial charge in [0.1, 0.15) is 5.70 Å². The first-order valence-electron chi connectivity index (χ1n) is 7.27. The quantitative estimate of drug-likeness (QED) is 0.562. The molecule has 0 saturated carbocycles. The highest BCUT2D eigenvalue weighted by Gasteiger charge is 2.32. The Morgan fingerprint density at radius 3 is 2.35 bits per heavy atom. The van der Waals surface area contributed by atoms with E-state index in [0.29, 0.717) is 35.5 Å². The summed E-state index contributed by atoms with van der Waals surface area (Å²) in [5, 5.41) is 0.483. The number of hydrogen-bond acceptors (Lipinski definition) is 4. The normalized spacial score (nSPS) is 16.5. The van der Waals surface area contributed by atoms with Gasteiger partial charge in [0, 0.05) is 14.1 Å². The van der Waals surface area contributed by atoms with Crippen molar-refractivity contribution in [2.75, 3.05) is 27.3 Å². The molecule has 1 heterocycles. The minimum absolute atomic E-state index is 0.125. The van der Waals surface area contributed by atoms with E-state index in [4.69, 9.17) is 21.7 Å². The van der Waals surface area contributed by atoms with Gasteiger partial charge in [0.15, 0.2) is 16.6 Å². The van der Waals surface area contributed by atoms with E-state index in [1.54, 1.807) is 25.1 Å². The Labute approximate surface area is 150 Å². The van der Waals surface area contributed by atoms with Crippen molar-refractivity contribution in [3.8, 4) is 11.5 Å². The zero-order valence-corrected chi connectivity index (χ0v) is 16.0. The Kier molecular flexibility index (Phi) is 5.64. The first-order chi connectivity index (χ1) is 10.9. The van der Waals surface area contributed by atoms with Crippen molar-refractivity contribution < 1.29 is 14.3 Å². The molecule has 124 valence electrons. The summed E-state index contributed by atoms with van der Waals surface area (Å²) in [6.45, 7) is 4.90. The Bertz CT molecular complexity index is 676. The number of ether oxygens (including phenoxy) is 2. The third-order valence-corrected chi connectivity index (χ3v) is 4.52. The van der Waals surface area contributed by atoms with Crippen LogP contribution in [0, 0.1) is 0 Å². The fourth-order valence-electron chi connectivity index (χ4n) is 2.27. The van der Waals surface area contributed by atoms with E-state index in [-0.39, 0.29) is 5.91 Å². The smallest absolute Gasteiger partial charge is 0.276 e. The zero-order chi connectivity index (χ0) is 17.1. The summed E-state index contributed by atoms with van der Waals surface area (Å²) < 4.78 is 12.1. The topological polar surface area (TPSA) is 42.0 Å². The summed E-state index contributed by atoms with van der Waals surface area (Å²) in [6, 6.07) is 3.75. The second-order valence-electron chi connectivity index (χ2n) is 4.93. The molecule has 0 radical (unpaired) electrons. The van der Waals surface area contributed by atoms with Crippen molar-refractivity contribution in [1.29, 1.82) is 0 Å². The lowest BCUT2D eigenvalue weighted by Gasteiger charge is -2.14. The van der Waals surface area contributed by atoms with E-state index < -0.39 is 0 Å². The highest BCUT2D eigenvalue weighted by atomic mass is 79.9. The number of carbonyl (C=O) groups is 1. The molecular formula is C16H19BrN2O3S. The molecule has 0 N–H and O–H groups in total. The van der Waals surface area contributed by atoms with Crippen LogP contribution in [0.1, 0.15) is 19.4 Å². The number of halogens is 1. The van der Waals surface area contributed by atoms with Crippen LogP contribution in [0.3, 0.4) is 0 Å². The van der Waals surface area contributed by atoms with E-state index >= 15 is 0 Å². The second-order valence-corrected chi connectivity index (χ2v) is 6.15. The Balaban J connectivity index is 2.46. The van der Waals surface area contributed by atoms with Crippen molar-refractivity contribution in [3.63, 3.8) is 0 Å². The molecule has 5 nitrogen and oxygen atoms in total. The number of amides is 1. The van der Waals surface area contributed by atoms with Crippen LogP contribution >= 0.6 is 28.1 Å². The molecule has 1 fully saturated rings. The van der Waals surface area contributed by atoms with Gasteiger partial charge < -0.3 is 14.4 Å². The molecule has 1 aliphatic rings. The Morgan fingerprint density at radius 2 is 1.83 bits per heavy atom. The van der Waals surface area contributed by atoms with Crippen molar-refractivity contribution >= 4 is 45.2 Å². The molecule has 23 heavy (non-hydrogen) atoms. The molecule has 0 bridgehead atoms. The predicted octanol–water partition coefficient (Wildman–Crippen LogP) is 3.28. The lowest BCUT2D eigenvalue weighted by molar-refractivity contribution is -0.121. The fourth-order valence-corrected chi connectivity index (χ4v) is 3.02. The summed E-state index contributed by atoms with van der Waals surface area (Å²) >= 11 is 8.72. The molecule has 7 heteroatoms. The molecule has 1 saturated heterocycles. The van der Waals surface area contributed by atoms with Crippen LogP contribution in [-0.4, -0.2) is 48.1 Å². The van der Waals surface area contributed by atoms with Crippen molar-refractivity contribution in [3.05, 3.63) is 27.9 Å². The van der Waals surface area contributed by atoms with E-state index in [1.807, 2.05) is 26.0 Å². The third kappa shape index (κ3) is 3.50. The number of rotatable bonds is 5. The van der Waals surface area contributed by atoms with Gasteiger partial charge in [-0.2, -0.15) is 0 Å². The van der Waals surface area contributed by atoms with Gasteiger partial charge in [0.2, 0.25) is 0 Å². The SMILES string of the molecule is CCOc1cc(/C=C2\C(=O)N(C)C(=S)N2C)cc(Br)c1OCC. The second kappa shape index (κ2) is 7.31. The van der Waals surface area contributed by atoms with Crippen LogP contribution in [0.15, 0.2) is 22.3 Å². The average molecular weight is 399 g/mol. The number of nitrogens with zero attached hydrogens (tertiary/aromatic N) is 2.